The molecule has 5 nitrogen and oxygen atoms in total. The zero-order valence-corrected chi connectivity index (χ0v) is 12.2. The highest BCUT2D eigenvalue weighted by molar-refractivity contribution is 5.82. The normalized spacial score (nSPS) is 21.3. The van der Waals surface area contributed by atoms with E-state index in [1.165, 1.54) is 0 Å². The van der Waals surface area contributed by atoms with Gasteiger partial charge in [-0.3, -0.25) is 9.69 Å². The van der Waals surface area contributed by atoms with Gasteiger partial charge in [-0.2, -0.15) is 5.10 Å². The Bertz CT molecular complexity index is 427. The summed E-state index contributed by atoms with van der Waals surface area (Å²) in [5.41, 5.74) is 0. The van der Waals surface area contributed by atoms with Crippen molar-refractivity contribution in [3.63, 3.8) is 0 Å². The largest absolute Gasteiger partial charge is 0.299 e. The van der Waals surface area contributed by atoms with Gasteiger partial charge in [0, 0.05) is 32.0 Å². The Morgan fingerprint density at radius 2 is 2.26 bits per heavy atom. The molecule has 1 aliphatic heterocycles. The van der Waals surface area contributed by atoms with Crippen LogP contribution in [0.4, 0.5) is 0 Å². The molecule has 0 spiro atoms. The molecule has 0 saturated carbocycles. The lowest BCUT2D eigenvalue weighted by atomic mass is 9.94. The Kier molecular flexibility index (Phi) is 4.69. The second kappa shape index (κ2) is 6.28. The van der Waals surface area contributed by atoms with Crippen molar-refractivity contribution in [1.29, 1.82) is 0 Å². The van der Waals surface area contributed by atoms with E-state index < -0.39 is 0 Å². The highest BCUT2D eigenvalue weighted by atomic mass is 16.1. The standard InChI is InChI=1S/C14H24N4O/c1-4-12-8-17(6-5-13(12)19)9-14-15-10-16-18(14)7-11(2)3/h10-12H,4-9H2,1-3H3. The third-order valence-electron chi connectivity index (χ3n) is 3.70. The summed E-state index contributed by atoms with van der Waals surface area (Å²) in [6, 6.07) is 0. The summed E-state index contributed by atoms with van der Waals surface area (Å²) >= 11 is 0. The minimum Gasteiger partial charge on any atom is -0.299 e. The van der Waals surface area contributed by atoms with Crippen LogP contribution in [0.2, 0.25) is 0 Å². The molecule has 2 heterocycles. The van der Waals surface area contributed by atoms with E-state index in [1.807, 2.05) is 4.68 Å². The highest BCUT2D eigenvalue weighted by Gasteiger charge is 2.26. The van der Waals surface area contributed by atoms with Gasteiger partial charge in [0.05, 0.1) is 6.54 Å². The Morgan fingerprint density at radius 3 is 2.95 bits per heavy atom. The Hall–Kier alpha value is -1.23. The lowest BCUT2D eigenvalue weighted by Crippen LogP contribution is -2.40. The van der Waals surface area contributed by atoms with E-state index in [4.69, 9.17) is 0 Å². The van der Waals surface area contributed by atoms with Crippen LogP contribution < -0.4 is 0 Å². The number of carbonyl (C=O) groups excluding carboxylic acids is 1. The third-order valence-corrected chi connectivity index (χ3v) is 3.70. The average molecular weight is 264 g/mol. The van der Waals surface area contributed by atoms with Gasteiger partial charge in [0.25, 0.3) is 0 Å². The van der Waals surface area contributed by atoms with Gasteiger partial charge in [-0.1, -0.05) is 20.8 Å². The SMILES string of the molecule is CCC1CN(Cc2ncnn2CC(C)C)CCC1=O. The first-order chi connectivity index (χ1) is 9.10. The van der Waals surface area contributed by atoms with Gasteiger partial charge >= 0.3 is 0 Å². The molecule has 0 aromatic carbocycles. The van der Waals surface area contributed by atoms with Gasteiger partial charge in [-0.15, -0.1) is 0 Å². The van der Waals surface area contributed by atoms with Gasteiger partial charge in [0.1, 0.15) is 17.9 Å². The molecule has 0 amide bonds. The van der Waals surface area contributed by atoms with Crippen LogP contribution in [0.1, 0.15) is 39.4 Å². The first kappa shape index (κ1) is 14.2. The van der Waals surface area contributed by atoms with Gasteiger partial charge < -0.3 is 0 Å². The van der Waals surface area contributed by atoms with E-state index in [0.29, 0.717) is 18.1 Å². The number of rotatable bonds is 5. The van der Waals surface area contributed by atoms with Crippen molar-refractivity contribution in [2.75, 3.05) is 13.1 Å². The van der Waals surface area contributed by atoms with Crippen molar-refractivity contribution in [2.24, 2.45) is 11.8 Å². The summed E-state index contributed by atoms with van der Waals surface area (Å²) in [5.74, 6) is 2.20. The van der Waals surface area contributed by atoms with Crippen LogP contribution >= 0.6 is 0 Å². The molecule has 1 fully saturated rings. The van der Waals surface area contributed by atoms with Crippen molar-refractivity contribution in [2.45, 2.75) is 46.7 Å². The molecule has 0 N–H and O–H groups in total. The number of Topliss-reactive ketones (excluding diaryl/α,β-unsaturated/α-hetero) is 1. The molecule has 19 heavy (non-hydrogen) atoms. The molecule has 1 saturated heterocycles. The number of carbonyl (C=O) groups is 1. The van der Waals surface area contributed by atoms with Gasteiger partial charge in [-0.05, 0) is 12.3 Å². The lowest BCUT2D eigenvalue weighted by Gasteiger charge is -2.30. The summed E-state index contributed by atoms with van der Waals surface area (Å²) in [6.45, 7) is 9.87. The molecule has 1 aliphatic rings. The predicted octanol–water partition coefficient (Wildman–Crippen LogP) is 1.74. The molecule has 5 heteroatoms. The van der Waals surface area contributed by atoms with E-state index >= 15 is 0 Å². The second-order valence-corrected chi connectivity index (χ2v) is 5.81. The summed E-state index contributed by atoms with van der Waals surface area (Å²) in [6.07, 6.45) is 3.24. The summed E-state index contributed by atoms with van der Waals surface area (Å²) < 4.78 is 1.99. The Balaban J connectivity index is 1.97. The van der Waals surface area contributed by atoms with Gasteiger partial charge in [-0.25, -0.2) is 9.67 Å². The second-order valence-electron chi connectivity index (χ2n) is 5.81. The summed E-state index contributed by atoms with van der Waals surface area (Å²) in [7, 11) is 0. The summed E-state index contributed by atoms with van der Waals surface area (Å²) in [5, 5.41) is 4.29. The molecule has 2 rings (SSSR count). The number of nitrogens with zero attached hydrogens (tertiary/aromatic N) is 4. The summed E-state index contributed by atoms with van der Waals surface area (Å²) in [4.78, 5) is 18.4. The number of aromatic nitrogens is 3. The number of hydrogen-bond acceptors (Lipinski definition) is 4. The van der Waals surface area contributed by atoms with Crippen LogP contribution in [-0.4, -0.2) is 38.5 Å². The van der Waals surface area contributed by atoms with Crippen molar-refractivity contribution >= 4 is 5.78 Å². The molecular weight excluding hydrogens is 240 g/mol. The first-order valence-electron chi connectivity index (χ1n) is 7.21. The topological polar surface area (TPSA) is 51.0 Å². The minimum atomic E-state index is 0.204. The zero-order chi connectivity index (χ0) is 13.8. The molecule has 1 atom stereocenters. The van der Waals surface area contributed by atoms with Crippen LogP contribution in [0.3, 0.4) is 0 Å². The fourth-order valence-electron chi connectivity index (χ4n) is 2.59. The lowest BCUT2D eigenvalue weighted by molar-refractivity contribution is -0.126. The maximum absolute atomic E-state index is 11.7. The smallest absolute Gasteiger partial charge is 0.141 e. The number of likely N-dealkylation sites (tertiary alicyclic amines) is 1. The van der Waals surface area contributed by atoms with Crippen molar-refractivity contribution < 1.29 is 4.79 Å². The van der Waals surface area contributed by atoms with Gasteiger partial charge in [0.15, 0.2) is 0 Å². The van der Waals surface area contributed by atoms with Gasteiger partial charge in [0.2, 0.25) is 0 Å². The fraction of sp³-hybridized carbons (Fsp3) is 0.786. The maximum Gasteiger partial charge on any atom is 0.141 e. The van der Waals surface area contributed by atoms with Crippen LogP contribution in [-0.2, 0) is 17.9 Å². The number of ketones is 1. The van der Waals surface area contributed by atoms with Crippen molar-refractivity contribution in [3.05, 3.63) is 12.2 Å². The molecule has 1 aromatic heterocycles. The van der Waals surface area contributed by atoms with Crippen LogP contribution in [0, 0.1) is 11.8 Å². The fourth-order valence-corrected chi connectivity index (χ4v) is 2.59. The molecule has 0 bridgehead atoms. The van der Waals surface area contributed by atoms with Crippen LogP contribution in [0.15, 0.2) is 6.33 Å². The van der Waals surface area contributed by atoms with Crippen LogP contribution in [0.5, 0.6) is 0 Å². The quantitative estimate of drug-likeness (QED) is 0.813. The minimum absolute atomic E-state index is 0.204. The van der Waals surface area contributed by atoms with E-state index in [0.717, 1.165) is 38.4 Å². The highest BCUT2D eigenvalue weighted by Crippen LogP contribution is 2.17. The van der Waals surface area contributed by atoms with Crippen molar-refractivity contribution in [1.82, 2.24) is 19.7 Å². The molecular formula is C14H24N4O. The molecule has 106 valence electrons. The van der Waals surface area contributed by atoms with Crippen LogP contribution in [0.25, 0.3) is 0 Å². The molecule has 0 aliphatic carbocycles. The third kappa shape index (κ3) is 3.62. The Labute approximate surface area is 115 Å². The number of piperidine rings is 1. The maximum atomic E-state index is 11.7. The molecule has 1 aromatic rings. The first-order valence-corrected chi connectivity index (χ1v) is 7.21. The Morgan fingerprint density at radius 1 is 1.47 bits per heavy atom. The van der Waals surface area contributed by atoms with E-state index in [2.05, 4.69) is 35.8 Å². The van der Waals surface area contributed by atoms with E-state index in [-0.39, 0.29) is 5.92 Å². The van der Waals surface area contributed by atoms with Crippen molar-refractivity contribution in [3.8, 4) is 0 Å². The number of hydrogen-bond donors (Lipinski definition) is 0. The molecule has 0 radical (unpaired) electrons. The predicted molar refractivity (Wildman–Crippen MR) is 73.5 cm³/mol. The zero-order valence-electron chi connectivity index (χ0n) is 12.2. The molecule has 1 unspecified atom stereocenters. The van der Waals surface area contributed by atoms with E-state index in [9.17, 15) is 4.79 Å². The van der Waals surface area contributed by atoms with E-state index in [1.54, 1.807) is 6.33 Å². The average Bonchev–Trinajstić information content (AvgIpc) is 2.78. The monoisotopic (exact) mass is 264 g/mol.